The van der Waals surface area contributed by atoms with Crippen LogP contribution in [0.15, 0.2) is 65.5 Å². The average Bonchev–Trinajstić information content (AvgIpc) is 2.86. The van der Waals surface area contributed by atoms with Gasteiger partial charge in [0.15, 0.2) is 0 Å². The van der Waals surface area contributed by atoms with Gasteiger partial charge < -0.3 is 9.64 Å². The van der Waals surface area contributed by atoms with Crippen molar-refractivity contribution in [3.63, 3.8) is 0 Å². The number of aromatic nitrogens is 2. The zero-order valence-electron chi connectivity index (χ0n) is 22.6. The monoisotopic (exact) mass is 502 g/mol. The predicted octanol–water partition coefficient (Wildman–Crippen LogP) is 5.29. The minimum atomic E-state index is -0.511. The van der Waals surface area contributed by atoms with E-state index in [9.17, 15) is 9.59 Å². The van der Waals surface area contributed by atoms with Crippen molar-refractivity contribution in [2.45, 2.75) is 53.3 Å². The van der Waals surface area contributed by atoms with E-state index in [1.54, 1.807) is 9.58 Å². The Morgan fingerprint density at radius 1 is 0.919 bits per heavy atom. The molecule has 1 aliphatic heterocycles. The van der Waals surface area contributed by atoms with Crippen molar-refractivity contribution in [1.82, 2.24) is 19.6 Å². The van der Waals surface area contributed by atoms with Gasteiger partial charge >= 0.3 is 6.09 Å². The van der Waals surface area contributed by atoms with Crippen molar-refractivity contribution in [3.05, 3.63) is 76.6 Å². The van der Waals surface area contributed by atoms with E-state index in [4.69, 9.17) is 9.84 Å². The first-order valence-electron chi connectivity index (χ1n) is 13.1. The first-order valence-corrected chi connectivity index (χ1v) is 13.1. The van der Waals surface area contributed by atoms with Crippen LogP contribution < -0.4 is 5.56 Å². The van der Waals surface area contributed by atoms with E-state index >= 15 is 0 Å². The molecule has 0 N–H and O–H groups in total. The SMILES string of the molecule is CC(C)Cn1nc(-c2ccc(-c3ccccc3)cc2)cc(CN2CCN(C(=O)OC(C)(C)C)CC2)c1=O. The van der Waals surface area contributed by atoms with E-state index in [0.717, 1.165) is 27.9 Å². The smallest absolute Gasteiger partial charge is 0.410 e. The van der Waals surface area contributed by atoms with Crippen molar-refractivity contribution in [1.29, 1.82) is 0 Å². The Kier molecular flexibility index (Phi) is 8.13. The van der Waals surface area contributed by atoms with Crippen LogP contribution in [0.4, 0.5) is 4.79 Å². The Balaban J connectivity index is 1.53. The molecule has 2 heterocycles. The lowest BCUT2D eigenvalue weighted by Crippen LogP contribution is -2.50. The van der Waals surface area contributed by atoms with E-state index in [-0.39, 0.29) is 11.7 Å². The molecule has 3 aromatic rings. The fourth-order valence-electron chi connectivity index (χ4n) is 4.44. The van der Waals surface area contributed by atoms with Crippen LogP contribution in [0.3, 0.4) is 0 Å². The second kappa shape index (κ2) is 11.3. The highest BCUT2D eigenvalue weighted by atomic mass is 16.6. The standard InChI is InChI=1S/C30H38N4O3/c1-22(2)20-34-28(35)26(21-32-15-17-33(18-16-32)29(36)37-30(3,4)5)19-27(31-34)25-13-11-24(12-14-25)23-9-7-6-8-10-23/h6-14,19,22H,15-18,20-21H2,1-5H3. The molecule has 7 nitrogen and oxygen atoms in total. The Labute approximate surface area is 219 Å². The first kappa shape index (κ1) is 26.6. The highest BCUT2D eigenvalue weighted by Gasteiger charge is 2.26. The Hall–Kier alpha value is -3.45. The van der Waals surface area contributed by atoms with Crippen LogP contribution in [-0.4, -0.2) is 57.5 Å². The van der Waals surface area contributed by atoms with Gasteiger partial charge in [-0.3, -0.25) is 9.69 Å². The van der Waals surface area contributed by atoms with Crippen LogP contribution >= 0.6 is 0 Å². The van der Waals surface area contributed by atoms with E-state index in [1.165, 1.54) is 0 Å². The van der Waals surface area contributed by atoms with Gasteiger partial charge in [-0.05, 0) is 43.9 Å². The summed E-state index contributed by atoms with van der Waals surface area (Å²) in [6.45, 7) is 13.4. The van der Waals surface area contributed by atoms with E-state index in [1.807, 2.05) is 45.0 Å². The van der Waals surface area contributed by atoms with Gasteiger partial charge in [-0.15, -0.1) is 0 Å². The van der Waals surface area contributed by atoms with Gasteiger partial charge in [0.05, 0.1) is 5.69 Å². The molecule has 0 bridgehead atoms. The number of amides is 1. The Morgan fingerprint density at radius 2 is 1.51 bits per heavy atom. The summed E-state index contributed by atoms with van der Waals surface area (Å²) in [5.41, 5.74) is 4.25. The maximum Gasteiger partial charge on any atom is 0.410 e. The molecule has 4 rings (SSSR count). The minimum absolute atomic E-state index is 0.0482. The molecule has 37 heavy (non-hydrogen) atoms. The quantitative estimate of drug-likeness (QED) is 0.458. The molecule has 1 fully saturated rings. The molecule has 196 valence electrons. The molecule has 0 atom stereocenters. The van der Waals surface area contributed by atoms with Crippen LogP contribution in [0.1, 0.15) is 40.2 Å². The number of carbonyl (C=O) groups is 1. The second-order valence-corrected chi connectivity index (χ2v) is 11.1. The van der Waals surface area contributed by atoms with Crippen molar-refractivity contribution < 1.29 is 9.53 Å². The van der Waals surface area contributed by atoms with Crippen molar-refractivity contribution >= 4 is 6.09 Å². The zero-order chi connectivity index (χ0) is 26.6. The summed E-state index contributed by atoms with van der Waals surface area (Å²) < 4.78 is 7.12. The van der Waals surface area contributed by atoms with E-state index in [2.05, 4.69) is 55.1 Å². The zero-order valence-corrected chi connectivity index (χ0v) is 22.6. The fraction of sp³-hybridized carbons (Fsp3) is 0.433. The third kappa shape index (κ3) is 7.07. The fourth-order valence-corrected chi connectivity index (χ4v) is 4.44. The molecule has 1 aliphatic rings. The van der Waals surface area contributed by atoms with Crippen LogP contribution in [0.25, 0.3) is 22.4 Å². The molecule has 0 saturated carbocycles. The average molecular weight is 503 g/mol. The molecule has 0 aliphatic carbocycles. The van der Waals surface area contributed by atoms with Crippen LogP contribution in [0.5, 0.6) is 0 Å². The number of rotatable bonds is 6. The third-order valence-electron chi connectivity index (χ3n) is 6.29. The molecule has 7 heteroatoms. The number of ether oxygens (including phenoxy) is 1. The molecule has 0 spiro atoms. The summed E-state index contributed by atoms with van der Waals surface area (Å²) in [5.74, 6) is 0.297. The highest BCUT2D eigenvalue weighted by Crippen LogP contribution is 2.24. The number of carbonyl (C=O) groups excluding carboxylic acids is 1. The van der Waals surface area contributed by atoms with E-state index in [0.29, 0.717) is 45.2 Å². The van der Waals surface area contributed by atoms with Gasteiger partial charge in [-0.2, -0.15) is 5.10 Å². The lowest BCUT2D eigenvalue weighted by Gasteiger charge is -2.35. The molecule has 0 radical (unpaired) electrons. The summed E-state index contributed by atoms with van der Waals surface area (Å²) in [5, 5.41) is 4.72. The molecule has 2 aromatic carbocycles. The van der Waals surface area contributed by atoms with Gasteiger partial charge in [-0.1, -0.05) is 68.4 Å². The van der Waals surface area contributed by atoms with Crippen molar-refractivity contribution in [3.8, 4) is 22.4 Å². The molecule has 0 unspecified atom stereocenters. The number of benzene rings is 2. The summed E-state index contributed by atoms with van der Waals surface area (Å²) in [6.07, 6.45) is -0.281. The summed E-state index contributed by atoms with van der Waals surface area (Å²) in [7, 11) is 0. The highest BCUT2D eigenvalue weighted by molar-refractivity contribution is 5.69. The number of piperazine rings is 1. The molecule has 1 saturated heterocycles. The Bertz CT molecular complexity index is 1250. The topological polar surface area (TPSA) is 67.7 Å². The van der Waals surface area contributed by atoms with Crippen LogP contribution in [0, 0.1) is 5.92 Å². The normalized spacial score (nSPS) is 14.7. The van der Waals surface area contributed by atoms with Gasteiger partial charge in [0.1, 0.15) is 5.60 Å². The predicted molar refractivity (Wildman–Crippen MR) is 147 cm³/mol. The van der Waals surface area contributed by atoms with Gasteiger partial charge in [0.25, 0.3) is 5.56 Å². The van der Waals surface area contributed by atoms with Crippen molar-refractivity contribution in [2.75, 3.05) is 26.2 Å². The molecule has 1 amide bonds. The van der Waals surface area contributed by atoms with Crippen LogP contribution in [-0.2, 0) is 17.8 Å². The maximum absolute atomic E-state index is 13.3. The minimum Gasteiger partial charge on any atom is -0.444 e. The second-order valence-electron chi connectivity index (χ2n) is 11.1. The molecule has 1 aromatic heterocycles. The number of nitrogens with zero attached hydrogens (tertiary/aromatic N) is 4. The number of hydrogen-bond donors (Lipinski definition) is 0. The summed E-state index contributed by atoms with van der Waals surface area (Å²) in [6, 6.07) is 20.5. The van der Waals surface area contributed by atoms with Crippen molar-refractivity contribution in [2.24, 2.45) is 5.92 Å². The summed E-state index contributed by atoms with van der Waals surface area (Å²) in [4.78, 5) is 29.7. The summed E-state index contributed by atoms with van der Waals surface area (Å²) >= 11 is 0. The van der Waals surface area contributed by atoms with Gasteiger partial charge in [0, 0.05) is 50.4 Å². The largest absolute Gasteiger partial charge is 0.444 e. The van der Waals surface area contributed by atoms with Crippen LogP contribution in [0.2, 0.25) is 0 Å². The molecular formula is C30H38N4O3. The Morgan fingerprint density at radius 3 is 2.11 bits per heavy atom. The third-order valence-corrected chi connectivity index (χ3v) is 6.29. The van der Waals surface area contributed by atoms with Gasteiger partial charge in [-0.25, -0.2) is 9.48 Å². The van der Waals surface area contributed by atoms with E-state index < -0.39 is 5.60 Å². The molecular weight excluding hydrogens is 464 g/mol. The number of hydrogen-bond acceptors (Lipinski definition) is 5. The van der Waals surface area contributed by atoms with Gasteiger partial charge in [0.2, 0.25) is 0 Å². The first-order chi connectivity index (χ1) is 17.6. The lowest BCUT2D eigenvalue weighted by atomic mass is 10.0. The maximum atomic E-state index is 13.3. The lowest BCUT2D eigenvalue weighted by molar-refractivity contribution is 0.0138.